The van der Waals surface area contributed by atoms with Gasteiger partial charge in [0.05, 0.1) is 13.2 Å². The first kappa shape index (κ1) is 12.3. The summed E-state index contributed by atoms with van der Waals surface area (Å²) in [6.45, 7) is 9.02. The van der Waals surface area contributed by atoms with E-state index in [1.165, 1.54) is 19.3 Å². The Labute approximate surface area is 98.5 Å². The van der Waals surface area contributed by atoms with Crippen LogP contribution in [0.5, 0.6) is 0 Å². The van der Waals surface area contributed by atoms with Crippen LogP contribution in [0.3, 0.4) is 0 Å². The Kier molecular flexibility index (Phi) is 3.54. The van der Waals surface area contributed by atoms with Gasteiger partial charge in [-0.25, -0.2) is 10.4 Å². The van der Waals surface area contributed by atoms with E-state index in [9.17, 15) is 0 Å². The Morgan fingerprint density at radius 2 is 1.94 bits per heavy atom. The molecule has 1 atom stereocenters. The molecule has 1 aliphatic carbocycles. The summed E-state index contributed by atoms with van der Waals surface area (Å²) in [6.07, 6.45) is 3.63. The quantitative estimate of drug-likeness (QED) is 0.746. The van der Waals surface area contributed by atoms with Crippen LogP contribution in [-0.2, 0) is 4.74 Å². The number of nitrogens with zero attached hydrogens (tertiary/aromatic N) is 1. The molecule has 0 amide bonds. The van der Waals surface area contributed by atoms with Gasteiger partial charge in [-0.2, -0.15) is 0 Å². The van der Waals surface area contributed by atoms with E-state index in [0.29, 0.717) is 5.41 Å². The van der Waals surface area contributed by atoms with Gasteiger partial charge in [0.1, 0.15) is 0 Å². The van der Waals surface area contributed by atoms with Gasteiger partial charge in [0.25, 0.3) is 0 Å². The van der Waals surface area contributed by atoms with E-state index in [2.05, 4.69) is 24.3 Å². The molecule has 94 valence electrons. The van der Waals surface area contributed by atoms with Crippen molar-refractivity contribution in [1.82, 2.24) is 10.4 Å². The van der Waals surface area contributed by atoms with Crippen LogP contribution < -0.4 is 11.2 Å². The molecule has 1 saturated carbocycles. The Bertz CT molecular complexity index is 238. The standard InChI is InChI=1S/C12H25N3O/c1-11(2)3-4-12(9-11,10-13)14-15-5-7-16-8-6-15/h14H,3-10,13H2,1-2H3. The normalized spacial score (nSPS) is 35.4. The number of hydrazine groups is 1. The fourth-order valence-corrected chi connectivity index (χ4v) is 3.00. The molecule has 2 aliphatic rings. The van der Waals surface area contributed by atoms with Crippen LogP contribution >= 0.6 is 0 Å². The van der Waals surface area contributed by atoms with Crippen LogP contribution in [0.4, 0.5) is 0 Å². The molecule has 2 fully saturated rings. The van der Waals surface area contributed by atoms with Crippen molar-refractivity contribution in [3.63, 3.8) is 0 Å². The maximum absolute atomic E-state index is 5.99. The third-order valence-corrected chi connectivity index (χ3v) is 3.89. The topological polar surface area (TPSA) is 50.5 Å². The largest absolute Gasteiger partial charge is 0.379 e. The van der Waals surface area contributed by atoms with Crippen molar-refractivity contribution in [2.24, 2.45) is 11.1 Å². The monoisotopic (exact) mass is 227 g/mol. The first-order valence-corrected chi connectivity index (χ1v) is 6.36. The fraction of sp³-hybridized carbons (Fsp3) is 1.00. The van der Waals surface area contributed by atoms with Crippen molar-refractivity contribution < 1.29 is 4.74 Å². The van der Waals surface area contributed by atoms with Gasteiger partial charge >= 0.3 is 0 Å². The highest BCUT2D eigenvalue weighted by Gasteiger charge is 2.43. The molecule has 0 spiro atoms. The first-order valence-electron chi connectivity index (χ1n) is 6.36. The number of hydrogen-bond donors (Lipinski definition) is 2. The van der Waals surface area contributed by atoms with Crippen molar-refractivity contribution in [3.05, 3.63) is 0 Å². The van der Waals surface area contributed by atoms with E-state index < -0.39 is 0 Å². The molecule has 1 heterocycles. The second kappa shape index (κ2) is 4.61. The molecule has 0 bridgehead atoms. The molecular weight excluding hydrogens is 202 g/mol. The molecule has 4 nitrogen and oxygen atoms in total. The highest BCUT2D eigenvalue weighted by atomic mass is 16.5. The minimum Gasteiger partial charge on any atom is -0.379 e. The lowest BCUT2D eigenvalue weighted by Gasteiger charge is -2.38. The summed E-state index contributed by atoms with van der Waals surface area (Å²) < 4.78 is 5.36. The summed E-state index contributed by atoms with van der Waals surface area (Å²) in [5.41, 5.74) is 10.2. The summed E-state index contributed by atoms with van der Waals surface area (Å²) >= 11 is 0. The van der Waals surface area contributed by atoms with E-state index in [0.717, 1.165) is 32.8 Å². The third kappa shape index (κ3) is 2.74. The second-order valence-corrected chi connectivity index (χ2v) is 6.04. The SMILES string of the molecule is CC1(C)CCC(CN)(NN2CCOCC2)C1. The fourth-order valence-electron chi connectivity index (χ4n) is 3.00. The lowest BCUT2D eigenvalue weighted by Crippen LogP contribution is -2.59. The van der Waals surface area contributed by atoms with Crippen molar-refractivity contribution in [3.8, 4) is 0 Å². The lowest BCUT2D eigenvalue weighted by molar-refractivity contribution is -0.0122. The van der Waals surface area contributed by atoms with Gasteiger partial charge in [0, 0.05) is 25.2 Å². The summed E-state index contributed by atoms with van der Waals surface area (Å²) in [7, 11) is 0. The van der Waals surface area contributed by atoms with Gasteiger partial charge in [0.15, 0.2) is 0 Å². The minimum absolute atomic E-state index is 0.126. The van der Waals surface area contributed by atoms with Gasteiger partial charge in [-0.15, -0.1) is 0 Å². The molecule has 1 saturated heterocycles. The molecule has 0 radical (unpaired) electrons. The van der Waals surface area contributed by atoms with Crippen LogP contribution in [0.1, 0.15) is 33.1 Å². The summed E-state index contributed by atoms with van der Waals surface area (Å²) in [5.74, 6) is 0. The smallest absolute Gasteiger partial charge is 0.0608 e. The van der Waals surface area contributed by atoms with Crippen LogP contribution in [0.2, 0.25) is 0 Å². The van der Waals surface area contributed by atoms with Crippen molar-refractivity contribution in [2.45, 2.75) is 38.6 Å². The number of nitrogens with one attached hydrogen (secondary N) is 1. The van der Waals surface area contributed by atoms with Crippen LogP contribution in [-0.4, -0.2) is 43.4 Å². The zero-order valence-electron chi connectivity index (χ0n) is 10.6. The van der Waals surface area contributed by atoms with Gasteiger partial charge < -0.3 is 10.5 Å². The molecule has 3 N–H and O–H groups in total. The average Bonchev–Trinajstić information content (AvgIpc) is 2.57. The molecule has 1 unspecified atom stereocenters. The second-order valence-electron chi connectivity index (χ2n) is 6.04. The van der Waals surface area contributed by atoms with Crippen LogP contribution in [0.25, 0.3) is 0 Å². The molecule has 0 aromatic heterocycles. The average molecular weight is 227 g/mol. The summed E-state index contributed by atoms with van der Waals surface area (Å²) in [5, 5.41) is 2.29. The zero-order valence-corrected chi connectivity index (χ0v) is 10.6. The van der Waals surface area contributed by atoms with E-state index in [-0.39, 0.29) is 5.54 Å². The highest BCUT2D eigenvalue weighted by molar-refractivity contribution is 5.00. The van der Waals surface area contributed by atoms with Gasteiger partial charge in [-0.05, 0) is 24.7 Å². The number of hydrogen-bond acceptors (Lipinski definition) is 4. The van der Waals surface area contributed by atoms with E-state index >= 15 is 0 Å². The van der Waals surface area contributed by atoms with E-state index in [4.69, 9.17) is 10.5 Å². The Balaban J connectivity index is 1.94. The Morgan fingerprint density at radius 3 is 2.44 bits per heavy atom. The Hall–Kier alpha value is -0.160. The molecule has 0 aromatic rings. The maximum atomic E-state index is 5.99. The van der Waals surface area contributed by atoms with E-state index in [1.807, 2.05) is 0 Å². The molecule has 2 rings (SSSR count). The third-order valence-electron chi connectivity index (χ3n) is 3.89. The van der Waals surface area contributed by atoms with Crippen molar-refractivity contribution >= 4 is 0 Å². The van der Waals surface area contributed by atoms with Crippen LogP contribution in [0.15, 0.2) is 0 Å². The van der Waals surface area contributed by atoms with Crippen LogP contribution in [0, 0.1) is 5.41 Å². The highest BCUT2D eigenvalue weighted by Crippen LogP contribution is 2.43. The van der Waals surface area contributed by atoms with Crippen molar-refractivity contribution in [2.75, 3.05) is 32.8 Å². The molecule has 1 aliphatic heterocycles. The van der Waals surface area contributed by atoms with E-state index in [1.54, 1.807) is 0 Å². The lowest BCUT2D eigenvalue weighted by atomic mass is 9.88. The van der Waals surface area contributed by atoms with Gasteiger partial charge in [-0.3, -0.25) is 0 Å². The predicted octanol–water partition coefficient (Wildman–Crippen LogP) is 0.731. The first-order chi connectivity index (χ1) is 7.55. The number of ether oxygens (including phenoxy) is 1. The molecule has 16 heavy (non-hydrogen) atoms. The Morgan fingerprint density at radius 1 is 1.25 bits per heavy atom. The predicted molar refractivity (Wildman–Crippen MR) is 64.9 cm³/mol. The molecule has 0 aromatic carbocycles. The molecule has 4 heteroatoms. The van der Waals surface area contributed by atoms with Gasteiger partial charge in [0.2, 0.25) is 0 Å². The number of rotatable bonds is 3. The van der Waals surface area contributed by atoms with Gasteiger partial charge in [-0.1, -0.05) is 13.8 Å². The maximum Gasteiger partial charge on any atom is 0.0608 e. The number of morpholine rings is 1. The molecular formula is C12H25N3O. The zero-order chi connectivity index (χ0) is 11.6. The summed E-state index contributed by atoms with van der Waals surface area (Å²) in [4.78, 5) is 0. The van der Waals surface area contributed by atoms with Crippen molar-refractivity contribution in [1.29, 1.82) is 0 Å². The summed E-state index contributed by atoms with van der Waals surface area (Å²) in [6, 6.07) is 0. The number of nitrogens with two attached hydrogens (primary N) is 1. The minimum atomic E-state index is 0.126.